The lowest BCUT2D eigenvalue weighted by Crippen LogP contribution is -2.18. The van der Waals surface area contributed by atoms with Crippen LogP contribution in [0.5, 0.6) is 5.75 Å². The molecule has 0 bridgehead atoms. The molecule has 2 aromatic carbocycles. The smallest absolute Gasteiger partial charge is 0.224 e. The molecule has 3 nitrogen and oxygen atoms in total. The lowest BCUT2D eigenvalue weighted by molar-refractivity contribution is -0.116. The Balaban J connectivity index is 1.73. The van der Waals surface area contributed by atoms with Crippen molar-refractivity contribution in [2.45, 2.75) is 19.4 Å². The van der Waals surface area contributed by atoms with Gasteiger partial charge in [-0.1, -0.05) is 22.0 Å². The third kappa shape index (κ3) is 3.42. The molecule has 0 radical (unpaired) electrons. The van der Waals surface area contributed by atoms with Crippen LogP contribution in [0.1, 0.15) is 17.5 Å². The molecule has 0 aliphatic carbocycles. The molecule has 0 saturated heterocycles. The fourth-order valence-electron chi connectivity index (χ4n) is 2.30. The first-order valence-corrected chi connectivity index (χ1v) is 7.40. The molecular formula is C16H13BrFNO2. The molecule has 21 heavy (non-hydrogen) atoms. The van der Waals surface area contributed by atoms with E-state index in [1.165, 1.54) is 12.1 Å². The molecule has 1 amide bonds. The quantitative estimate of drug-likeness (QED) is 0.907. The highest BCUT2D eigenvalue weighted by atomic mass is 79.9. The van der Waals surface area contributed by atoms with Gasteiger partial charge in [-0.25, -0.2) is 4.39 Å². The van der Waals surface area contributed by atoms with Crippen LogP contribution in [0, 0.1) is 5.82 Å². The van der Waals surface area contributed by atoms with Gasteiger partial charge in [0.25, 0.3) is 0 Å². The van der Waals surface area contributed by atoms with Gasteiger partial charge >= 0.3 is 0 Å². The largest absolute Gasteiger partial charge is 0.489 e. The van der Waals surface area contributed by atoms with E-state index < -0.39 is 0 Å². The Morgan fingerprint density at radius 3 is 2.86 bits per heavy atom. The van der Waals surface area contributed by atoms with Crippen LogP contribution >= 0.6 is 15.9 Å². The number of aryl methyl sites for hydroxylation is 1. The summed E-state index contributed by atoms with van der Waals surface area (Å²) in [5, 5.41) is 2.83. The molecule has 0 saturated carbocycles. The number of amides is 1. The summed E-state index contributed by atoms with van der Waals surface area (Å²) in [4.78, 5) is 11.4. The Hall–Kier alpha value is -1.88. The van der Waals surface area contributed by atoms with Gasteiger partial charge in [-0.05, 0) is 41.8 Å². The predicted octanol–water partition coefficient (Wildman–Crippen LogP) is 4.05. The highest BCUT2D eigenvalue weighted by Gasteiger charge is 2.15. The average molecular weight is 350 g/mol. The monoisotopic (exact) mass is 349 g/mol. The minimum Gasteiger partial charge on any atom is -0.489 e. The van der Waals surface area contributed by atoms with Gasteiger partial charge in [-0.15, -0.1) is 0 Å². The van der Waals surface area contributed by atoms with Gasteiger partial charge in [-0.2, -0.15) is 0 Å². The molecule has 3 rings (SSSR count). The fraction of sp³-hybridized carbons (Fsp3) is 0.188. The van der Waals surface area contributed by atoms with Crippen LogP contribution in [-0.2, 0) is 17.8 Å². The molecule has 0 fully saturated rings. The second kappa shape index (κ2) is 5.85. The number of anilines is 1. The van der Waals surface area contributed by atoms with Crippen LogP contribution < -0.4 is 10.1 Å². The van der Waals surface area contributed by atoms with E-state index in [0.29, 0.717) is 16.6 Å². The summed E-state index contributed by atoms with van der Waals surface area (Å²) in [6.07, 6.45) is 1.27. The molecule has 2 aromatic rings. The van der Waals surface area contributed by atoms with Gasteiger partial charge in [0.05, 0.1) is 0 Å². The zero-order chi connectivity index (χ0) is 14.8. The van der Waals surface area contributed by atoms with E-state index in [0.717, 1.165) is 23.2 Å². The maximum atomic E-state index is 13.3. The topological polar surface area (TPSA) is 38.3 Å². The number of hydrogen-bond acceptors (Lipinski definition) is 2. The van der Waals surface area contributed by atoms with Crippen LogP contribution in [0.3, 0.4) is 0 Å². The van der Waals surface area contributed by atoms with Crippen molar-refractivity contribution >= 4 is 27.5 Å². The zero-order valence-corrected chi connectivity index (χ0v) is 12.7. The van der Waals surface area contributed by atoms with Crippen LogP contribution in [0.15, 0.2) is 40.9 Å². The third-order valence-corrected chi connectivity index (χ3v) is 3.76. The molecule has 0 unspecified atom stereocenters. The molecule has 1 heterocycles. The lowest BCUT2D eigenvalue weighted by atomic mass is 10.0. The highest BCUT2D eigenvalue weighted by Crippen LogP contribution is 2.27. The maximum absolute atomic E-state index is 13.3. The van der Waals surface area contributed by atoms with Gasteiger partial charge in [-0.3, -0.25) is 4.79 Å². The van der Waals surface area contributed by atoms with Crippen molar-refractivity contribution in [3.05, 3.63) is 57.8 Å². The van der Waals surface area contributed by atoms with E-state index in [1.807, 2.05) is 18.2 Å². The first-order chi connectivity index (χ1) is 10.1. The minimum atomic E-state index is -0.305. The van der Waals surface area contributed by atoms with Crippen molar-refractivity contribution in [2.75, 3.05) is 5.32 Å². The Labute approximate surface area is 130 Å². The predicted molar refractivity (Wildman–Crippen MR) is 81.8 cm³/mol. The summed E-state index contributed by atoms with van der Waals surface area (Å²) in [7, 11) is 0. The van der Waals surface area contributed by atoms with Crippen LogP contribution in [0.2, 0.25) is 0 Å². The molecule has 0 spiro atoms. The second-order valence-electron chi connectivity index (χ2n) is 4.93. The van der Waals surface area contributed by atoms with Gasteiger partial charge in [0, 0.05) is 22.6 Å². The Kier molecular flexibility index (Phi) is 3.92. The number of carbonyl (C=O) groups is 1. The molecule has 0 atom stereocenters. The number of fused-ring (bicyclic) bond motifs is 1. The van der Waals surface area contributed by atoms with Crippen molar-refractivity contribution in [1.82, 2.24) is 0 Å². The standard InChI is InChI=1S/C16H13BrFNO2/c17-12-5-10(6-13(18)7-12)9-21-14-3-1-11-2-4-16(20)19-15(11)8-14/h1,3,5-8H,2,4,9H2,(H,19,20). The van der Waals surface area contributed by atoms with Crippen LogP contribution in [0.25, 0.3) is 0 Å². The number of ether oxygens (including phenoxy) is 1. The first kappa shape index (κ1) is 14.1. The van der Waals surface area contributed by atoms with E-state index in [2.05, 4.69) is 21.2 Å². The summed E-state index contributed by atoms with van der Waals surface area (Å²) in [5.74, 6) is 0.366. The summed E-state index contributed by atoms with van der Waals surface area (Å²) < 4.78 is 19.6. The third-order valence-electron chi connectivity index (χ3n) is 3.30. The van der Waals surface area contributed by atoms with Crippen molar-refractivity contribution in [3.63, 3.8) is 0 Å². The molecular weight excluding hydrogens is 337 g/mol. The number of carbonyl (C=O) groups excluding carboxylic acids is 1. The average Bonchev–Trinajstić information content (AvgIpc) is 2.43. The Morgan fingerprint density at radius 2 is 2.05 bits per heavy atom. The van der Waals surface area contributed by atoms with Crippen molar-refractivity contribution in [3.8, 4) is 5.75 Å². The molecule has 108 valence electrons. The minimum absolute atomic E-state index is 0.0220. The summed E-state index contributed by atoms with van der Waals surface area (Å²) in [6.45, 7) is 0.267. The number of nitrogens with one attached hydrogen (secondary N) is 1. The number of hydrogen-bond donors (Lipinski definition) is 1. The van der Waals surface area contributed by atoms with E-state index in [1.54, 1.807) is 6.07 Å². The molecule has 1 aliphatic heterocycles. The van der Waals surface area contributed by atoms with Crippen molar-refractivity contribution in [1.29, 1.82) is 0 Å². The van der Waals surface area contributed by atoms with E-state index in [9.17, 15) is 9.18 Å². The lowest BCUT2D eigenvalue weighted by Gasteiger charge is -2.17. The van der Waals surface area contributed by atoms with Crippen LogP contribution in [-0.4, -0.2) is 5.91 Å². The molecule has 5 heteroatoms. The molecule has 1 N–H and O–H groups in total. The maximum Gasteiger partial charge on any atom is 0.224 e. The van der Waals surface area contributed by atoms with Gasteiger partial charge in [0.15, 0.2) is 0 Å². The molecule has 1 aliphatic rings. The van der Waals surface area contributed by atoms with Gasteiger partial charge in [0.2, 0.25) is 5.91 Å². The highest BCUT2D eigenvalue weighted by molar-refractivity contribution is 9.10. The molecule has 0 aromatic heterocycles. The van der Waals surface area contributed by atoms with Crippen molar-refractivity contribution in [2.24, 2.45) is 0 Å². The zero-order valence-electron chi connectivity index (χ0n) is 11.2. The van der Waals surface area contributed by atoms with E-state index >= 15 is 0 Å². The number of rotatable bonds is 3. The summed E-state index contributed by atoms with van der Waals surface area (Å²) >= 11 is 3.25. The number of benzene rings is 2. The summed E-state index contributed by atoms with van der Waals surface area (Å²) in [5.41, 5.74) is 2.64. The van der Waals surface area contributed by atoms with Crippen LogP contribution in [0.4, 0.5) is 10.1 Å². The Morgan fingerprint density at radius 1 is 1.19 bits per heavy atom. The Bertz CT molecular complexity index is 682. The summed E-state index contributed by atoms with van der Waals surface area (Å²) in [6, 6.07) is 10.3. The fourth-order valence-corrected chi connectivity index (χ4v) is 2.81. The van der Waals surface area contributed by atoms with E-state index in [4.69, 9.17) is 4.74 Å². The second-order valence-corrected chi connectivity index (χ2v) is 5.85. The normalized spacial score (nSPS) is 13.5. The van der Waals surface area contributed by atoms with Gasteiger partial charge < -0.3 is 10.1 Å². The van der Waals surface area contributed by atoms with E-state index in [-0.39, 0.29) is 18.3 Å². The van der Waals surface area contributed by atoms with Crippen molar-refractivity contribution < 1.29 is 13.9 Å². The SMILES string of the molecule is O=C1CCc2ccc(OCc3cc(F)cc(Br)c3)cc2N1. The number of halogens is 2. The van der Waals surface area contributed by atoms with Gasteiger partial charge in [0.1, 0.15) is 18.2 Å². The first-order valence-electron chi connectivity index (χ1n) is 6.61.